The van der Waals surface area contributed by atoms with Gasteiger partial charge in [0.15, 0.2) is 0 Å². The second-order valence-corrected chi connectivity index (χ2v) is 11.6. The van der Waals surface area contributed by atoms with Gasteiger partial charge in [0.25, 0.3) is 0 Å². The first kappa shape index (κ1) is 25.1. The maximum Gasteiger partial charge on any atom is 0.232 e. The summed E-state index contributed by atoms with van der Waals surface area (Å²) in [6, 6.07) is 17.1. The number of rotatable bonds is 5. The van der Waals surface area contributed by atoms with Crippen LogP contribution in [0.5, 0.6) is 11.5 Å². The van der Waals surface area contributed by atoms with Crippen molar-refractivity contribution in [3.05, 3.63) is 84.4 Å². The fourth-order valence-electron chi connectivity index (χ4n) is 5.00. The number of sulfonamides is 1. The van der Waals surface area contributed by atoms with Crippen molar-refractivity contribution >= 4 is 26.7 Å². The highest BCUT2D eigenvalue weighted by atomic mass is 32.2. The quantitative estimate of drug-likeness (QED) is 0.283. The number of nitrogens with zero attached hydrogens (tertiary/aromatic N) is 3. The fourth-order valence-corrected chi connectivity index (χ4v) is 5.93. The molecular weight excluding hydrogens is 519 g/mol. The van der Waals surface area contributed by atoms with Crippen LogP contribution in [0.1, 0.15) is 18.5 Å². The van der Waals surface area contributed by atoms with Crippen LogP contribution in [0, 0.1) is 5.82 Å². The summed E-state index contributed by atoms with van der Waals surface area (Å²) < 4.78 is 52.5. The lowest BCUT2D eigenvalue weighted by atomic mass is 9.99. The fraction of sp³-hybridized carbons (Fsp3) is 0.207. The topological polar surface area (TPSA) is 91.7 Å². The molecule has 0 aliphatic carbocycles. The molecule has 0 fully saturated rings. The highest BCUT2D eigenvalue weighted by Crippen LogP contribution is 2.45. The van der Waals surface area contributed by atoms with E-state index in [0.717, 1.165) is 22.1 Å². The lowest BCUT2D eigenvalue weighted by molar-refractivity contribution is 0.276. The predicted octanol–water partition coefficient (Wildman–Crippen LogP) is 6.19. The van der Waals surface area contributed by atoms with Crippen molar-refractivity contribution < 1.29 is 22.0 Å². The van der Waals surface area contributed by atoms with E-state index >= 15 is 0 Å². The molecular formula is C29H27FN4O4S. The zero-order chi connectivity index (χ0) is 27.3. The Morgan fingerprint density at radius 2 is 1.74 bits per heavy atom. The van der Waals surface area contributed by atoms with E-state index in [4.69, 9.17) is 9.15 Å². The molecule has 6 rings (SSSR count). The molecule has 39 heavy (non-hydrogen) atoms. The van der Waals surface area contributed by atoms with E-state index in [0.29, 0.717) is 47.4 Å². The summed E-state index contributed by atoms with van der Waals surface area (Å²) in [7, 11) is -1.50. The molecule has 0 saturated heterocycles. The number of likely N-dealkylation sites (N-methyl/N-ethyl adjacent to an activating group) is 1. The number of benzene rings is 3. The van der Waals surface area contributed by atoms with E-state index in [1.54, 1.807) is 24.5 Å². The van der Waals surface area contributed by atoms with Crippen molar-refractivity contribution in [2.24, 2.45) is 0 Å². The van der Waals surface area contributed by atoms with Gasteiger partial charge in [-0.05, 0) is 74.1 Å². The molecule has 0 saturated carbocycles. The van der Waals surface area contributed by atoms with Crippen LogP contribution >= 0.6 is 0 Å². The molecule has 200 valence electrons. The number of anilines is 1. The van der Waals surface area contributed by atoms with Crippen molar-refractivity contribution in [3.63, 3.8) is 0 Å². The molecule has 0 spiro atoms. The molecule has 3 heterocycles. The van der Waals surface area contributed by atoms with Gasteiger partial charge in [0.2, 0.25) is 10.0 Å². The van der Waals surface area contributed by atoms with Gasteiger partial charge in [0.05, 0.1) is 17.5 Å². The van der Waals surface area contributed by atoms with Crippen LogP contribution in [-0.4, -0.2) is 49.7 Å². The first-order valence-corrected chi connectivity index (χ1v) is 14.4. The van der Waals surface area contributed by atoms with Crippen LogP contribution in [0.4, 0.5) is 10.1 Å². The van der Waals surface area contributed by atoms with Gasteiger partial charge in [-0.3, -0.25) is 9.21 Å². The Bertz CT molecular complexity index is 1750. The molecule has 0 radical (unpaired) electrons. The van der Waals surface area contributed by atoms with Gasteiger partial charge < -0.3 is 14.1 Å². The van der Waals surface area contributed by atoms with Crippen molar-refractivity contribution in [3.8, 4) is 34.2 Å². The summed E-state index contributed by atoms with van der Waals surface area (Å²) in [5.41, 5.74) is 3.67. The number of aromatic amines is 1. The number of ether oxygens (including phenoxy) is 1. The Hall–Kier alpha value is -4.15. The number of nitrogens with one attached hydrogen (secondary N) is 1. The van der Waals surface area contributed by atoms with Crippen LogP contribution in [0.25, 0.3) is 33.7 Å². The molecule has 1 aliphatic heterocycles. The van der Waals surface area contributed by atoms with E-state index in [2.05, 4.69) is 21.8 Å². The molecule has 1 N–H and O–H groups in total. The zero-order valence-electron chi connectivity index (χ0n) is 21.7. The first-order chi connectivity index (χ1) is 18.7. The number of halogens is 1. The SMILES string of the molecule is CC1c2cc3c(-c4ncc[nH]4)c(-c4ccc(Oc5ccc(F)cc5)cc4)oc3cc2N(S(C)(=O)=O)CCN1C. The Kier molecular flexibility index (Phi) is 6.16. The second-order valence-electron chi connectivity index (χ2n) is 9.72. The molecule has 5 aromatic rings. The van der Waals surface area contributed by atoms with Crippen molar-refractivity contribution in [1.29, 1.82) is 0 Å². The number of hydrogen-bond donors (Lipinski definition) is 1. The summed E-state index contributed by atoms with van der Waals surface area (Å²) >= 11 is 0. The summed E-state index contributed by atoms with van der Waals surface area (Å²) in [5, 5.41) is 0.834. The third kappa shape index (κ3) is 4.66. The number of aromatic nitrogens is 2. The maximum atomic E-state index is 13.2. The highest BCUT2D eigenvalue weighted by Gasteiger charge is 2.31. The lowest BCUT2D eigenvalue weighted by Crippen LogP contribution is -2.34. The highest BCUT2D eigenvalue weighted by molar-refractivity contribution is 7.92. The van der Waals surface area contributed by atoms with Gasteiger partial charge in [-0.2, -0.15) is 0 Å². The van der Waals surface area contributed by atoms with E-state index in [1.807, 2.05) is 43.4 Å². The molecule has 1 aliphatic rings. The van der Waals surface area contributed by atoms with Gasteiger partial charge in [0.1, 0.15) is 34.5 Å². The summed E-state index contributed by atoms with van der Waals surface area (Å²) in [4.78, 5) is 9.84. The summed E-state index contributed by atoms with van der Waals surface area (Å²) in [6.45, 7) is 3.03. The van der Waals surface area contributed by atoms with E-state index < -0.39 is 10.0 Å². The molecule has 8 nitrogen and oxygen atoms in total. The summed E-state index contributed by atoms with van der Waals surface area (Å²) in [5.74, 6) is 2.03. The minimum atomic E-state index is -3.50. The third-order valence-electron chi connectivity index (χ3n) is 7.17. The lowest BCUT2D eigenvalue weighted by Gasteiger charge is -2.23. The van der Waals surface area contributed by atoms with E-state index in [1.165, 1.54) is 22.7 Å². The third-order valence-corrected chi connectivity index (χ3v) is 8.35. The Balaban J connectivity index is 1.49. The largest absolute Gasteiger partial charge is 0.457 e. The molecule has 0 amide bonds. The van der Waals surface area contributed by atoms with Crippen LogP contribution < -0.4 is 9.04 Å². The second kappa shape index (κ2) is 9.55. The number of hydrogen-bond acceptors (Lipinski definition) is 6. The van der Waals surface area contributed by atoms with Crippen LogP contribution in [0.15, 0.2) is 77.5 Å². The number of H-pyrrole nitrogens is 1. The number of fused-ring (bicyclic) bond motifs is 2. The maximum absolute atomic E-state index is 13.2. The molecule has 2 aromatic heterocycles. The first-order valence-electron chi connectivity index (χ1n) is 12.5. The van der Waals surface area contributed by atoms with Crippen LogP contribution in [-0.2, 0) is 10.0 Å². The van der Waals surface area contributed by atoms with Gasteiger partial charge in [-0.15, -0.1) is 0 Å². The molecule has 10 heteroatoms. The molecule has 1 atom stereocenters. The van der Waals surface area contributed by atoms with Gasteiger partial charge in [0, 0.05) is 48.5 Å². The van der Waals surface area contributed by atoms with E-state index in [9.17, 15) is 12.8 Å². The van der Waals surface area contributed by atoms with Crippen molar-refractivity contribution in [1.82, 2.24) is 14.9 Å². The molecule has 1 unspecified atom stereocenters. The normalized spacial score (nSPS) is 16.3. The molecule has 0 bridgehead atoms. The molecule has 3 aromatic carbocycles. The van der Waals surface area contributed by atoms with Crippen LogP contribution in [0.3, 0.4) is 0 Å². The Morgan fingerprint density at radius 3 is 2.38 bits per heavy atom. The monoisotopic (exact) mass is 546 g/mol. The predicted molar refractivity (Wildman–Crippen MR) is 149 cm³/mol. The van der Waals surface area contributed by atoms with Crippen molar-refractivity contribution in [2.75, 3.05) is 30.7 Å². The average molecular weight is 547 g/mol. The Labute approximate surface area is 225 Å². The van der Waals surface area contributed by atoms with Crippen molar-refractivity contribution in [2.45, 2.75) is 13.0 Å². The minimum absolute atomic E-state index is 0.0122. The van der Waals surface area contributed by atoms with E-state index in [-0.39, 0.29) is 11.9 Å². The average Bonchev–Trinajstić information content (AvgIpc) is 3.54. The van der Waals surface area contributed by atoms with Gasteiger partial charge >= 0.3 is 0 Å². The Morgan fingerprint density at radius 1 is 1.05 bits per heavy atom. The van der Waals surface area contributed by atoms with Gasteiger partial charge in [-0.1, -0.05) is 0 Å². The zero-order valence-corrected chi connectivity index (χ0v) is 22.5. The van der Waals surface area contributed by atoms with Crippen LogP contribution in [0.2, 0.25) is 0 Å². The number of imidazole rings is 1. The minimum Gasteiger partial charge on any atom is -0.457 e. The number of furan rings is 1. The summed E-state index contributed by atoms with van der Waals surface area (Å²) in [6.07, 6.45) is 4.67. The smallest absolute Gasteiger partial charge is 0.232 e. The standard InChI is InChI=1S/C29H27FN4O4S/c1-18-23-16-24-26(17-25(23)34(39(3,35)36)15-14-33(18)2)38-28(27(24)29-31-12-13-32-29)19-4-8-21(9-5-19)37-22-10-6-20(30)7-11-22/h4-13,16-18H,14-15H2,1-3H3,(H,31,32). The van der Waals surface area contributed by atoms with Gasteiger partial charge in [-0.25, -0.2) is 17.8 Å².